The molecule has 2 heterocycles. The van der Waals surface area contributed by atoms with Crippen molar-refractivity contribution in [3.05, 3.63) is 42.0 Å². The van der Waals surface area contributed by atoms with E-state index < -0.39 is 0 Å². The van der Waals surface area contributed by atoms with Crippen molar-refractivity contribution in [2.24, 2.45) is 5.92 Å². The van der Waals surface area contributed by atoms with Gasteiger partial charge < -0.3 is 14.5 Å². The largest absolute Gasteiger partial charge is 0.497 e. The van der Waals surface area contributed by atoms with E-state index in [1.165, 1.54) is 0 Å². The first-order valence-electron chi connectivity index (χ1n) is 8.80. The van der Waals surface area contributed by atoms with Gasteiger partial charge in [-0.1, -0.05) is 12.2 Å². The van der Waals surface area contributed by atoms with Crippen molar-refractivity contribution in [2.45, 2.75) is 12.5 Å². The molecule has 0 saturated carbocycles. The minimum Gasteiger partial charge on any atom is -0.497 e. The minimum atomic E-state index is 0.0570. The van der Waals surface area contributed by atoms with E-state index in [0.29, 0.717) is 25.3 Å². The molecule has 2 saturated heterocycles. The van der Waals surface area contributed by atoms with Crippen LogP contribution < -0.4 is 4.74 Å². The fourth-order valence-corrected chi connectivity index (χ4v) is 3.87. The molecule has 25 heavy (non-hydrogen) atoms. The maximum absolute atomic E-state index is 12.6. The maximum Gasteiger partial charge on any atom is 0.253 e. The lowest BCUT2D eigenvalue weighted by molar-refractivity contribution is -0.133. The second kappa shape index (κ2) is 6.52. The highest BCUT2D eigenvalue weighted by molar-refractivity contribution is 5.94. The lowest BCUT2D eigenvalue weighted by atomic mass is 10.1. The van der Waals surface area contributed by atoms with Gasteiger partial charge in [-0.25, -0.2) is 0 Å². The molecular weight excluding hydrogens is 318 g/mol. The molecule has 2 bridgehead atoms. The highest BCUT2D eigenvalue weighted by atomic mass is 16.5. The van der Waals surface area contributed by atoms with Crippen molar-refractivity contribution in [3.8, 4) is 5.75 Å². The van der Waals surface area contributed by atoms with E-state index in [4.69, 9.17) is 4.74 Å². The summed E-state index contributed by atoms with van der Waals surface area (Å²) in [6, 6.07) is 7.51. The fourth-order valence-electron chi connectivity index (χ4n) is 3.87. The summed E-state index contributed by atoms with van der Waals surface area (Å²) < 4.78 is 5.13. The Morgan fingerprint density at radius 3 is 2.44 bits per heavy atom. The van der Waals surface area contributed by atoms with E-state index in [2.05, 4.69) is 11.0 Å². The lowest BCUT2D eigenvalue weighted by Crippen LogP contribution is -2.53. The number of hydrogen-bond donors (Lipinski definition) is 0. The van der Waals surface area contributed by atoms with Gasteiger partial charge in [0.1, 0.15) is 5.75 Å². The molecule has 1 aromatic rings. The van der Waals surface area contributed by atoms with Gasteiger partial charge in [0.05, 0.1) is 25.7 Å². The number of carbonyl (C=O) groups is 2. The highest BCUT2D eigenvalue weighted by Gasteiger charge is 2.41. The molecule has 0 radical (unpaired) electrons. The Bertz CT molecular complexity index is 692. The zero-order chi connectivity index (χ0) is 17.4. The summed E-state index contributed by atoms with van der Waals surface area (Å²) in [5.74, 6) is 1.16. The summed E-state index contributed by atoms with van der Waals surface area (Å²) in [6.07, 6.45) is 5.12. The van der Waals surface area contributed by atoms with Gasteiger partial charge in [-0.3, -0.25) is 14.5 Å². The molecule has 6 heteroatoms. The van der Waals surface area contributed by atoms with E-state index in [9.17, 15) is 9.59 Å². The van der Waals surface area contributed by atoms with Crippen LogP contribution >= 0.6 is 0 Å². The molecular formula is C19H23N3O3. The predicted octanol–water partition coefficient (Wildman–Crippen LogP) is 1.20. The number of likely N-dealkylation sites (tertiary alicyclic amines) is 1. The molecule has 1 aliphatic carbocycles. The van der Waals surface area contributed by atoms with Crippen LogP contribution in [0.3, 0.4) is 0 Å². The molecule has 0 spiro atoms. The number of benzene rings is 1. The molecule has 1 aromatic carbocycles. The summed E-state index contributed by atoms with van der Waals surface area (Å²) >= 11 is 0. The maximum atomic E-state index is 12.6. The molecule has 3 aliphatic rings. The van der Waals surface area contributed by atoms with Crippen LogP contribution in [-0.4, -0.2) is 72.5 Å². The number of carbonyl (C=O) groups excluding carboxylic acids is 2. The van der Waals surface area contributed by atoms with E-state index in [0.717, 1.165) is 25.3 Å². The molecule has 0 aromatic heterocycles. The number of amides is 2. The molecule has 6 nitrogen and oxygen atoms in total. The SMILES string of the molecule is COc1ccc(C(=O)N2CCN(CN3C(=O)[C@H]4C=C[C@H]3C4)CC2)cc1. The number of rotatable bonds is 4. The second-order valence-corrected chi connectivity index (χ2v) is 6.88. The normalized spacial score (nSPS) is 25.7. The van der Waals surface area contributed by atoms with Crippen molar-refractivity contribution in [1.29, 1.82) is 0 Å². The van der Waals surface area contributed by atoms with Crippen molar-refractivity contribution >= 4 is 11.8 Å². The average Bonchev–Trinajstić information content (AvgIpc) is 3.25. The monoisotopic (exact) mass is 341 g/mol. The number of methoxy groups -OCH3 is 1. The van der Waals surface area contributed by atoms with Crippen molar-refractivity contribution < 1.29 is 14.3 Å². The standard InChI is InChI=1S/C19H23N3O3/c1-25-17-6-3-14(4-7-17)18(23)21-10-8-20(9-11-21)13-22-16-5-2-15(12-16)19(22)24/h2-7,15-16H,8-13H2,1H3/t15-,16-/m0/s1. The zero-order valence-electron chi connectivity index (χ0n) is 14.4. The Kier molecular flexibility index (Phi) is 4.21. The Morgan fingerprint density at radius 1 is 1.12 bits per heavy atom. The van der Waals surface area contributed by atoms with Gasteiger partial charge in [-0.2, -0.15) is 0 Å². The first-order chi connectivity index (χ1) is 12.2. The molecule has 0 N–H and O–H groups in total. The van der Waals surface area contributed by atoms with Crippen LogP contribution in [0.4, 0.5) is 0 Å². The third kappa shape index (κ3) is 3.02. The predicted molar refractivity (Wildman–Crippen MR) is 93.2 cm³/mol. The third-order valence-electron chi connectivity index (χ3n) is 5.41. The van der Waals surface area contributed by atoms with Crippen LogP contribution in [0, 0.1) is 5.92 Å². The van der Waals surface area contributed by atoms with Crippen molar-refractivity contribution in [3.63, 3.8) is 0 Å². The summed E-state index contributed by atoms with van der Waals surface area (Å²) in [5, 5.41) is 0. The molecule has 2 fully saturated rings. The average molecular weight is 341 g/mol. The van der Waals surface area contributed by atoms with Gasteiger partial charge in [0.15, 0.2) is 0 Å². The number of ether oxygens (including phenoxy) is 1. The Morgan fingerprint density at radius 2 is 1.84 bits per heavy atom. The molecule has 4 rings (SSSR count). The lowest BCUT2D eigenvalue weighted by Gasteiger charge is -2.38. The summed E-state index contributed by atoms with van der Waals surface area (Å²) in [7, 11) is 1.61. The third-order valence-corrected chi connectivity index (χ3v) is 5.41. The van der Waals surface area contributed by atoms with Crippen LogP contribution in [0.2, 0.25) is 0 Å². The van der Waals surface area contributed by atoms with E-state index in [1.54, 1.807) is 19.2 Å². The van der Waals surface area contributed by atoms with Crippen LogP contribution in [0.25, 0.3) is 0 Å². The van der Waals surface area contributed by atoms with Crippen LogP contribution in [0.1, 0.15) is 16.8 Å². The van der Waals surface area contributed by atoms with Crippen molar-refractivity contribution in [2.75, 3.05) is 40.0 Å². The van der Waals surface area contributed by atoms with Gasteiger partial charge in [0.2, 0.25) is 5.91 Å². The van der Waals surface area contributed by atoms with Gasteiger partial charge >= 0.3 is 0 Å². The van der Waals surface area contributed by atoms with E-state index in [-0.39, 0.29) is 23.8 Å². The van der Waals surface area contributed by atoms with Gasteiger partial charge in [0, 0.05) is 31.7 Å². The summed E-state index contributed by atoms with van der Waals surface area (Å²) in [4.78, 5) is 31.0. The second-order valence-electron chi connectivity index (χ2n) is 6.88. The van der Waals surface area contributed by atoms with Gasteiger partial charge in [-0.15, -0.1) is 0 Å². The van der Waals surface area contributed by atoms with E-state index in [1.807, 2.05) is 28.0 Å². The quantitative estimate of drug-likeness (QED) is 0.772. The van der Waals surface area contributed by atoms with Crippen LogP contribution in [0.15, 0.2) is 36.4 Å². The van der Waals surface area contributed by atoms with Crippen molar-refractivity contribution in [1.82, 2.24) is 14.7 Å². The smallest absolute Gasteiger partial charge is 0.253 e. The minimum absolute atomic E-state index is 0.0570. The van der Waals surface area contributed by atoms with Crippen LogP contribution in [0.5, 0.6) is 5.75 Å². The van der Waals surface area contributed by atoms with E-state index >= 15 is 0 Å². The number of fused-ring (bicyclic) bond motifs is 2. The molecule has 2 amide bonds. The first kappa shape index (κ1) is 16.1. The summed E-state index contributed by atoms with van der Waals surface area (Å²) in [5.41, 5.74) is 0.686. The Balaban J connectivity index is 1.31. The zero-order valence-corrected chi connectivity index (χ0v) is 14.4. The fraction of sp³-hybridized carbons (Fsp3) is 0.474. The topological polar surface area (TPSA) is 53.1 Å². The molecule has 2 atom stereocenters. The first-order valence-corrected chi connectivity index (χ1v) is 8.80. The van der Waals surface area contributed by atoms with Gasteiger partial charge in [0.25, 0.3) is 5.91 Å². The summed E-state index contributed by atoms with van der Waals surface area (Å²) in [6.45, 7) is 3.65. The Hall–Kier alpha value is -2.34. The molecule has 132 valence electrons. The van der Waals surface area contributed by atoms with Crippen LogP contribution in [-0.2, 0) is 4.79 Å². The highest BCUT2D eigenvalue weighted by Crippen LogP contribution is 2.32. The Labute approximate surface area is 147 Å². The molecule has 2 aliphatic heterocycles. The number of piperazine rings is 1. The number of hydrogen-bond acceptors (Lipinski definition) is 4. The number of nitrogens with zero attached hydrogens (tertiary/aromatic N) is 3. The molecule has 0 unspecified atom stereocenters. The van der Waals surface area contributed by atoms with Gasteiger partial charge in [-0.05, 0) is 30.7 Å².